The van der Waals surface area contributed by atoms with Gasteiger partial charge in [0.2, 0.25) is 0 Å². The van der Waals surface area contributed by atoms with Crippen molar-refractivity contribution in [2.24, 2.45) is 5.92 Å². The fourth-order valence-corrected chi connectivity index (χ4v) is 3.69. The number of nitrogens with one attached hydrogen (secondary N) is 1. The zero-order valence-corrected chi connectivity index (χ0v) is 12.6. The van der Waals surface area contributed by atoms with Crippen LogP contribution in [0.4, 0.5) is 11.5 Å². The van der Waals surface area contributed by atoms with E-state index in [1.807, 2.05) is 6.20 Å². The Balaban J connectivity index is 1.69. The highest BCUT2D eigenvalue weighted by Gasteiger charge is 2.22. The van der Waals surface area contributed by atoms with Crippen LogP contribution >= 0.6 is 0 Å². The van der Waals surface area contributed by atoms with Gasteiger partial charge in [-0.1, -0.05) is 19.3 Å². The second-order valence-corrected chi connectivity index (χ2v) is 6.40. The van der Waals surface area contributed by atoms with Gasteiger partial charge in [0.15, 0.2) is 5.82 Å². The van der Waals surface area contributed by atoms with Gasteiger partial charge < -0.3 is 10.2 Å². The van der Waals surface area contributed by atoms with Crippen LogP contribution in [0.3, 0.4) is 0 Å². The molecule has 3 heteroatoms. The van der Waals surface area contributed by atoms with Crippen molar-refractivity contribution in [3.63, 3.8) is 0 Å². The molecule has 1 unspecified atom stereocenters. The van der Waals surface area contributed by atoms with E-state index in [2.05, 4.69) is 34.3 Å². The molecule has 1 aromatic rings. The lowest BCUT2D eigenvalue weighted by atomic mass is 9.84. The second kappa shape index (κ2) is 6.47. The third-order valence-corrected chi connectivity index (χ3v) is 4.93. The molecule has 2 fully saturated rings. The zero-order valence-electron chi connectivity index (χ0n) is 12.6. The van der Waals surface area contributed by atoms with E-state index in [9.17, 15) is 0 Å². The molecule has 0 radical (unpaired) electrons. The summed E-state index contributed by atoms with van der Waals surface area (Å²) in [4.78, 5) is 7.05. The SMILES string of the molecule is CC(Nc1cccnc1N1CCCC1)C1CCCCC1. The summed E-state index contributed by atoms with van der Waals surface area (Å²) in [6, 6.07) is 4.80. The first-order chi connectivity index (χ1) is 9.84. The first-order valence-electron chi connectivity index (χ1n) is 8.31. The second-order valence-electron chi connectivity index (χ2n) is 6.40. The Kier molecular flexibility index (Phi) is 4.44. The van der Waals surface area contributed by atoms with Gasteiger partial charge in [0.05, 0.1) is 5.69 Å². The quantitative estimate of drug-likeness (QED) is 0.896. The normalized spacial score (nSPS) is 21.9. The molecule has 20 heavy (non-hydrogen) atoms. The molecule has 3 nitrogen and oxygen atoms in total. The van der Waals surface area contributed by atoms with E-state index >= 15 is 0 Å². The first-order valence-corrected chi connectivity index (χ1v) is 8.31. The largest absolute Gasteiger partial charge is 0.379 e. The third kappa shape index (κ3) is 3.08. The highest BCUT2D eigenvalue weighted by atomic mass is 15.2. The van der Waals surface area contributed by atoms with Crippen molar-refractivity contribution < 1.29 is 0 Å². The van der Waals surface area contributed by atoms with Crippen LogP contribution in [0, 0.1) is 5.92 Å². The van der Waals surface area contributed by atoms with Gasteiger partial charge in [-0.2, -0.15) is 0 Å². The molecular weight excluding hydrogens is 246 g/mol. The van der Waals surface area contributed by atoms with Crippen LogP contribution in [0.5, 0.6) is 0 Å². The van der Waals surface area contributed by atoms with Crippen LogP contribution in [0.25, 0.3) is 0 Å². The van der Waals surface area contributed by atoms with Crippen LogP contribution < -0.4 is 10.2 Å². The third-order valence-electron chi connectivity index (χ3n) is 4.93. The first kappa shape index (κ1) is 13.7. The molecule has 0 amide bonds. The minimum atomic E-state index is 0.556. The maximum atomic E-state index is 4.62. The summed E-state index contributed by atoms with van der Waals surface area (Å²) < 4.78 is 0. The Hall–Kier alpha value is -1.25. The number of aromatic nitrogens is 1. The van der Waals surface area contributed by atoms with Gasteiger partial charge in [-0.25, -0.2) is 4.98 Å². The average molecular weight is 273 g/mol. The molecule has 0 bridgehead atoms. The van der Waals surface area contributed by atoms with E-state index in [-0.39, 0.29) is 0 Å². The van der Waals surface area contributed by atoms with Crippen molar-refractivity contribution in [3.05, 3.63) is 18.3 Å². The van der Waals surface area contributed by atoms with Gasteiger partial charge in [0.25, 0.3) is 0 Å². The van der Waals surface area contributed by atoms with E-state index in [1.165, 1.54) is 50.6 Å². The van der Waals surface area contributed by atoms with Gasteiger partial charge in [0.1, 0.15) is 0 Å². The highest BCUT2D eigenvalue weighted by molar-refractivity contribution is 5.66. The van der Waals surface area contributed by atoms with E-state index < -0.39 is 0 Å². The molecule has 1 N–H and O–H groups in total. The Bertz CT molecular complexity index is 420. The van der Waals surface area contributed by atoms with Gasteiger partial charge in [0, 0.05) is 25.3 Å². The zero-order chi connectivity index (χ0) is 13.8. The molecule has 3 rings (SSSR count). The molecule has 0 aromatic carbocycles. The van der Waals surface area contributed by atoms with Crippen LogP contribution in [-0.4, -0.2) is 24.1 Å². The molecule has 110 valence electrons. The number of anilines is 2. The van der Waals surface area contributed by atoms with Crippen LogP contribution in [0.1, 0.15) is 51.9 Å². The van der Waals surface area contributed by atoms with Gasteiger partial charge >= 0.3 is 0 Å². The standard InChI is InChI=1S/C17H27N3/c1-14(15-8-3-2-4-9-15)19-16-10-7-11-18-17(16)20-12-5-6-13-20/h7,10-11,14-15,19H,2-6,8-9,12-13H2,1H3. The molecule has 1 aliphatic heterocycles. The summed E-state index contributed by atoms with van der Waals surface area (Å²) in [5.41, 5.74) is 1.23. The average Bonchev–Trinajstić information content (AvgIpc) is 3.03. The number of rotatable bonds is 4. The number of pyridine rings is 1. The summed E-state index contributed by atoms with van der Waals surface area (Å²) in [6.45, 7) is 4.66. The Labute approximate surface area is 122 Å². The lowest BCUT2D eigenvalue weighted by Crippen LogP contribution is -2.29. The van der Waals surface area contributed by atoms with E-state index in [0.29, 0.717) is 6.04 Å². The summed E-state index contributed by atoms with van der Waals surface area (Å²) in [5, 5.41) is 3.75. The van der Waals surface area contributed by atoms with Crippen LogP contribution in [0.2, 0.25) is 0 Å². The molecule has 1 aliphatic carbocycles. The van der Waals surface area contributed by atoms with Crippen molar-refractivity contribution in [3.8, 4) is 0 Å². The fourth-order valence-electron chi connectivity index (χ4n) is 3.69. The Morgan fingerprint density at radius 1 is 1.15 bits per heavy atom. The summed E-state index contributed by atoms with van der Waals surface area (Å²) in [6.07, 6.45) is 11.5. The molecule has 2 heterocycles. The predicted molar refractivity (Wildman–Crippen MR) is 85.3 cm³/mol. The lowest BCUT2D eigenvalue weighted by molar-refractivity contribution is 0.328. The molecule has 0 spiro atoms. The molecule has 1 saturated carbocycles. The minimum Gasteiger partial charge on any atom is -0.379 e. The predicted octanol–water partition coefficient (Wildman–Crippen LogP) is 4.06. The number of nitrogens with zero attached hydrogens (tertiary/aromatic N) is 2. The van der Waals surface area contributed by atoms with Crippen LogP contribution in [0.15, 0.2) is 18.3 Å². The maximum Gasteiger partial charge on any atom is 0.151 e. The summed E-state index contributed by atoms with van der Waals surface area (Å²) in [5.74, 6) is 1.99. The van der Waals surface area contributed by atoms with Crippen molar-refractivity contribution in [2.45, 2.75) is 57.9 Å². The Morgan fingerprint density at radius 2 is 1.90 bits per heavy atom. The number of hydrogen-bond acceptors (Lipinski definition) is 3. The smallest absolute Gasteiger partial charge is 0.151 e. The molecule has 1 atom stereocenters. The van der Waals surface area contributed by atoms with Gasteiger partial charge in [-0.15, -0.1) is 0 Å². The van der Waals surface area contributed by atoms with Crippen molar-refractivity contribution in [1.29, 1.82) is 0 Å². The molecule has 1 aromatic heterocycles. The fraction of sp³-hybridized carbons (Fsp3) is 0.706. The molecule has 2 aliphatic rings. The van der Waals surface area contributed by atoms with Gasteiger partial charge in [-0.05, 0) is 50.7 Å². The molecular formula is C17H27N3. The summed E-state index contributed by atoms with van der Waals surface area (Å²) in [7, 11) is 0. The van der Waals surface area contributed by atoms with E-state index in [4.69, 9.17) is 0 Å². The maximum absolute atomic E-state index is 4.62. The van der Waals surface area contributed by atoms with Crippen molar-refractivity contribution in [1.82, 2.24) is 4.98 Å². The topological polar surface area (TPSA) is 28.2 Å². The number of hydrogen-bond donors (Lipinski definition) is 1. The minimum absolute atomic E-state index is 0.556. The van der Waals surface area contributed by atoms with Crippen LogP contribution in [-0.2, 0) is 0 Å². The Morgan fingerprint density at radius 3 is 2.65 bits per heavy atom. The summed E-state index contributed by atoms with van der Waals surface area (Å²) >= 11 is 0. The lowest BCUT2D eigenvalue weighted by Gasteiger charge is -2.30. The van der Waals surface area contributed by atoms with Gasteiger partial charge in [-0.3, -0.25) is 0 Å². The van der Waals surface area contributed by atoms with Crippen molar-refractivity contribution >= 4 is 11.5 Å². The highest BCUT2D eigenvalue weighted by Crippen LogP contribution is 2.31. The monoisotopic (exact) mass is 273 g/mol. The van der Waals surface area contributed by atoms with E-state index in [0.717, 1.165) is 24.8 Å². The van der Waals surface area contributed by atoms with E-state index in [1.54, 1.807) is 0 Å². The molecule has 1 saturated heterocycles. The van der Waals surface area contributed by atoms with Crippen molar-refractivity contribution in [2.75, 3.05) is 23.3 Å².